The van der Waals surface area contributed by atoms with Crippen LogP contribution in [0.4, 0.5) is 13.2 Å². The van der Waals surface area contributed by atoms with Gasteiger partial charge < -0.3 is 9.84 Å². The molecule has 3 nitrogen and oxygen atoms in total. The number of ether oxygens (including phenoxy) is 1. The molecule has 0 amide bonds. The lowest BCUT2D eigenvalue weighted by molar-refractivity contribution is -0.137. The van der Waals surface area contributed by atoms with Crippen molar-refractivity contribution in [3.8, 4) is 17.6 Å². The zero-order chi connectivity index (χ0) is 15.5. The van der Waals surface area contributed by atoms with E-state index in [4.69, 9.17) is 15.1 Å². The van der Waals surface area contributed by atoms with Crippen molar-refractivity contribution >= 4 is 0 Å². The van der Waals surface area contributed by atoms with Crippen LogP contribution in [0.25, 0.3) is 0 Å². The number of halogens is 3. The number of alkyl halides is 3. The van der Waals surface area contributed by atoms with Crippen LogP contribution in [0.15, 0.2) is 42.5 Å². The summed E-state index contributed by atoms with van der Waals surface area (Å²) in [7, 11) is 0. The van der Waals surface area contributed by atoms with Crippen molar-refractivity contribution in [2.45, 2.75) is 12.8 Å². The van der Waals surface area contributed by atoms with Gasteiger partial charge in [0.1, 0.15) is 17.6 Å². The number of aliphatic hydroxyl groups is 1. The summed E-state index contributed by atoms with van der Waals surface area (Å²) in [6.45, 7) is -0.259. The van der Waals surface area contributed by atoms with Crippen LogP contribution in [0.2, 0.25) is 0 Å². The van der Waals surface area contributed by atoms with E-state index in [0.717, 1.165) is 12.1 Å². The molecule has 2 aromatic rings. The molecule has 108 valence electrons. The Labute approximate surface area is 118 Å². The van der Waals surface area contributed by atoms with Gasteiger partial charge in [0.25, 0.3) is 0 Å². The van der Waals surface area contributed by atoms with Gasteiger partial charge in [-0.05, 0) is 35.9 Å². The molecule has 0 atom stereocenters. The fourth-order valence-corrected chi connectivity index (χ4v) is 1.70. The summed E-state index contributed by atoms with van der Waals surface area (Å²) in [4.78, 5) is 0. The Morgan fingerprint density at radius 3 is 2.52 bits per heavy atom. The maximum absolute atomic E-state index is 12.6. The molecule has 2 aromatic carbocycles. The van der Waals surface area contributed by atoms with Crippen LogP contribution in [0, 0.1) is 11.3 Å². The van der Waals surface area contributed by atoms with E-state index in [0.29, 0.717) is 5.56 Å². The average Bonchev–Trinajstić information content (AvgIpc) is 2.46. The summed E-state index contributed by atoms with van der Waals surface area (Å²) in [6, 6.07) is 10.6. The predicted octanol–water partition coefficient (Wildman–Crippen LogP) is 3.86. The topological polar surface area (TPSA) is 53.2 Å². The van der Waals surface area contributed by atoms with Gasteiger partial charge in [-0.2, -0.15) is 18.4 Å². The molecule has 0 fully saturated rings. The second-order valence-corrected chi connectivity index (χ2v) is 4.23. The van der Waals surface area contributed by atoms with Crippen molar-refractivity contribution in [3.63, 3.8) is 0 Å². The molecule has 0 unspecified atom stereocenters. The maximum Gasteiger partial charge on any atom is 0.416 e. The number of hydrogen-bond donors (Lipinski definition) is 1. The molecule has 0 aliphatic rings. The number of rotatable bonds is 3. The lowest BCUT2D eigenvalue weighted by atomic mass is 10.1. The molecule has 0 radical (unpaired) electrons. The van der Waals surface area contributed by atoms with Crippen LogP contribution in [-0.4, -0.2) is 5.11 Å². The molecule has 6 heteroatoms. The summed E-state index contributed by atoms with van der Waals surface area (Å²) >= 11 is 0. The average molecular weight is 293 g/mol. The van der Waals surface area contributed by atoms with Gasteiger partial charge >= 0.3 is 6.18 Å². The Bertz CT molecular complexity index is 690. The first-order valence-corrected chi connectivity index (χ1v) is 5.93. The molecule has 0 spiro atoms. The molecule has 0 saturated carbocycles. The first-order valence-electron chi connectivity index (χ1n) is 5.93. The van der Waals surface area contributed by atoms with E-state index >= 15 is 0 Å². The molecular formula is C15H10F3NO2. The fourth-order valence-electron chi connectivity index (χ4n) is 1.70. The summed E-state index contributed by atoms with van der Waals surface area (Å²) in [6.07, 6.45) is -4.47. The van der Waals surface area contributed by atoms with Gasteiger partial charge in [0.05, 0.1) is 17.7 Å². The molecular weight excluding hydrogens is 283 g/mol. The Balaban J connectivity index is 2.36. The first kappa shape index (κ1) is 14.9. The van der Waals surface area contributed by atoms with Gasteiger partial charge in [-0.3, -0.25) is 0 Å². The van der Waals surface area contributed by atoms with Gasteiger partial charge in [-0.15, -0.1) is 0 Å². The number of benzene rings is 2. The van der Waals surface area contributed by atoms with Crippen molar-refractivity contribution in [2.24, 2.45) is 0 Å². The van der Waals surface area contributed by atoms with Crippen molar-refractivity contribution in [1.82, 2.24) is 0 Å². The summed E-state index contributed by atoms with van der Waals surface area (Å²) in [5.74, 6) is 0.0692. The van der Waals surface area contributed by atoms with Gasteiger partial charge in [0.15, 0.2) is 0 Å². The highest BCUT2D eigenvalue weighted by Gasteiger charge is 2.30. The van der Waals surface area contributed by atoms with Crippen LogP contribution in [0.1, 0.15) is 16.7 Å². The summed E-state index contributed by atoms with van der Waals surface area (Å²) in [5.41, 5.74) is -0.169. The number of nitriles is 1. The maximum atomic E-state index is 12.6. The van der Waals surface area contributed by atoms with Crippen molar-refractivity contribution in [3.05, 3.63) is 59.2 Å². The third-order valence-electron chi connectivity index (χ3n) is 2.74. The number of aliphatic hydroxyl groups excluding tert-OH is 1. The quantitative estimate of drug-likeness (QED) is 0.934. The minimum Gasteiger partial charge on any atom is -0.456 e. The lowest BCUT2D eigenvalue weighted by Gasteiger charge is -2.11. The van der Waals surface area contributed by atoms with Crippen molar-refractivity contribution in [1.29, 1.82) is 5.26 Å². The highest BCUT2D eigenvalue weighted by Crippen LogP contribution is 2.33. The molecule has 0 saturated heterocycles. The number of hydrogen-bond acceptors (Lipinski definition) is 3. The van der Waals surface area contributed by atoms with E-state index in [1.165, 1.54) is 30.3 Å². The second-order valence-electron chi connectivity index (χ2n) is 4.23. The SMILES string of the molecule is N#Cc1ccc(CO)cc1Oc1cccc(C(F)(F)F)c1. The monoisotopic (exact) mass is 293 g/mol. The van der Waals surface area contributed by atoms with Crippen molar-refractivity contribution < 1.29 is 23.0 Å². The molecule has 0 aromatic heterocycles. The van der Waals surface area contributed by atoms with Crippen LogP contribution in [0.5, 0.6) is 11.5 Å². The third-order valence-corrected chi connectivity index (χ3v) is 2.74. The van der Waals surface area contributed by atoms with Crippen LogP contribution >= 0.6 is 0 Å². The Hall–Kier alpha value is -2.52. The second kappa shape index (κ2) is 5.85. The largest absolute Gasteiger partial charge is 0.456 e. The van der Waals surface area contributed by atoms with E-state index in [2.05, 4.69) is 0 Å². The molecule has 2 rings (SSSR count). The molecule has 0 aliphatic carbocycles. The highest BCUT2D eigenvalue weighted by atomic mass is 19.4. The number of nitrogens with zero attached hydrogens (tertiary/aromatic N) is 1. The normalized spacial score (nSPS) is 11.0. The smallest absolute Gasteiger partial charge is 0.416 e. The minimum atomic E-state index is -4.47. The molecule has 0 heterocycles. The van der Waals surface area contributed by atoms with Crippen molar-refractivity contribution in [2.75, 3.05) is 0 Å². The van der Waals surface area contributed by atoms with Gasteiger partial charge in [0.2, 0.25) is 0 Å². The Kier molecular flexibility index (Phi) is 4.15. The van der Waals surface area contributed by atoms with E-state index in [1.807, 2.05) is 6.07 Å². The van der Waals surface area contributed by atoms with E-state index in [-0.39, 0.29) is 23.7 Å². The van der Waals surface area contributed by atoms with E-state index < -0.39 is 11.7 Å². The summed E-state index contributed by atoms with van der Waals surface area (Å²) < 4.78 is 43.2. The third kappa shape index (κ3) is 3.52. The highest BCUT2D eigenvalue weighted by molar-refractivity contribution is 5.47. The van der Waals surface area contributed by atoms with Gasteiger partial charge in [0, 0.05) is 0 Å². The molecule has 0 bridgehead atoms. The zero-order valence-corrected chi connectivity index (χ0v) is 10.7. The van der Waals surface area contributed by atoms with Crippen LogP contribution in [-0.2, 0) is 12.8 Å². The lowest BCUT2D eigenvalue weighted by Crippen LogP contribution is -2.04. The fraction of sp³-hybridized carbons (Fsp3) is 0.133. The molecule has 0 aliphatic heterocycles. The minimum absolute atomic E-state index is 0.0311. The van der Waals surface area contributed by atoms with Gasteiger partial charge in [-0.1, -0.05) is 12.1 Å². The van der Waals surface area contributed by atoms with E-state index in [9.17, 15) is 13.2 Å². The van der Waals surface area contributed by atoms with E-state index in [1.54, 1.807) is 0 Å². The van der Waals surface area contributed by atoms with Crippen LogP contribution < -0.4 is 4.74 Å². The molecule has 21 heavy (non-hydrogen) atoms. The summed E-state index contributed by atoms with van der Waals surface area (Å²) in [5, 5.41) is 18.0. The predicted molar refractivity (Wildman–Crippen MR) is 68.6 cm³/mol. The zero-order valence-electron chi connectivity index (χ0n) is 10.7. The van der Waals surface area contributed by atoms with Gasteiger partial charge in [-0.25, -0.2) is 0 Å². The Morgan fingerprint density at radius 1 is 1.14 bits per heavy atom. The first-order chi connectivity index (χ1) is 9.94. The Morgan fingerprint density at radius 2 is 1.90 bits per heavy atom. The van der Waals surface area contributed by atoms with Crippen LogP contribution in [0.3, 0.4) is 0 Å². The molecule has 1 N–H and O–H groups in total. The standard InChI is InChI=1S/C15H10F3NO2/c16-15(17,18)12-2-1-3-13(7-12)21-14-6-10(9-20)4-5-11(14)8-19/h1-7,20H,9H2.